The van der Waals surface area contributed by atoms with Crippen LogP contribution < -0.4 is 0 Å². The summed E-state index contributed by atoms with van der Waals surface area (Å²) in [4.78, 5) is 28.2. The molecule has 1 amide bonds. The fourth-order valence-electron chi connectivity index (χ4n) is 1.47. The lowest BCUT2D eigenvalue weighted by molar-refractivity contribution is 0.0297. The molecular weight excluding hydrogens is 232 g/mol. The van der Waals surface area contributed by atoms with Crippen molar-refractivity contribution >= 4 is 23.2 Å². The molecule has 2 heterocycles. The van der Waals surface area contributed by atoms with Crippen LogP contribution in [0.4, 0.5) is 0 Å². The summed E-state index contributed by atoms with van der Waals surface area (Å²) in [7, 11) is 0. The number of morpholine rings is 1. The van der Waals surface area contributed by atoms with Gasteiger partial charge in [0, 0.05) is 13.1 Å². The van der Waals surface area contributed by atoms with Crippen LogP contribution in [0.25, 0.3) is 0 Å². The number of carbonyl (C=O) groups excluding carboxylic acids is 1. The van der Waals surface area contributed by atoms with Gasteiger partial charge in [-0.2, -0.15) is 0 Å². The predicted molar refractivity (Wildman–Crippen MR) is 55.8 cm³/mol. The molecule has 0 unspecified atom stereocenters. The van der Waals surface area contributed by atoms with Gasteiger partial charge in [0.15, 0.2) is 5.69 Å². The molecule has 0 aromatic carbocycles. The standard InChI is InChI=1S/C9H10N2O4S/c12-8(11-1-3-15-4-2-11)6-7(9(13)14)16-5-10-6/h5H,1-4H2,(H,13,14). The highest BCUT2D eigenvalue weighted by molar-refractivity contribution is 7.12. The van der Waals surface area contributed by atoms with Crippen LogP contribution in [0.3, 0.4) is 0 Å². The van der Waals surface area contributed by atoms with Crippen LogP contribution in [0.2, 0.25) is 0 Å². The quantitative estimate of drug-likeness (QED) is 0.807. The zero-order chi connectivity index (χ0) is 11.5. The fourth-order valence-corrected chi connectivity index (χ4v) is 2.08. The molecule has 1 aromatic heterocycles. The largest absolute Gasteiger partial charge is 0.477 e. The molecule has 7 heteroatoms. The number of aromatic nitrogens is 1. The van der Waals surface area contributed by atoms with E-state index < -0.39 is 5.97 Å². The van der Waals surface area contributed by atoms with E-state index in [0.29, 0.717) is 26.3 Å². The molecule has 2 rings (SSSR count). The van der Waals surface area contributed by atoms with Gasteiger partial charge in [-0.1, -0.05) is 0 Å². The highest BCUT2D eigenvalue weighted by Gasteiger charge is 2.25. The van der Waals surface area contributed by atoms with Crippen LogP contribution in [0, 0.1) is 0 Å². The van der Waals surface area contributed by atoms with Crippen molar-refractivity contribution in [1.82, 2.24) is 9.88 Å². The molecule has 0 aliphatic carbocycles. The van der Waals surface area contributed by atoms with Crippen molar-refractivity contribution in [2.75, 3.05) is 26.3 Å². The van der Waals surface area contributed by atoms with Crippen molar-refractivity contribution in [2.45, 2.75) is 0 Å². The van der Waals surface area contributed by atoms with Crippen LogP contribution in [0.5, 0.6) is 0 Å². The lowest BCUT2D eigenvalue weighted by atomic mass is 10.3. The maximum absolute atomic E-state index is 11.9. The second-order valence-electron chi connectivity index (χ2n) is 3.24. The molecular formula is C9H10N2O4S. The molecule has 86 valence electrons. The molecule has 0 spiro atoms. The van der Waals surface area contributed by atoms with E-state index in [-0.39, 0.29) is 16.5 Å². The second kappa shape index (κ2) is 4.58. The Morgan fingerprint density at radius 3 is 2.75 bits per heavy atom. The first kappa shape index (κ1) is 11.0. The van der Waals surface area contributed by atoms with Gasteiger partial charge in [-0.25, -0.2) is 9.78 Å². The number of nitrogens with zero attached hydrogens (tertiary/aromatic N) is 2. The second-order valence-corrected chi connectivity index (χ2v) is 4.09. The minimum absolute atomic E-state index is 0.00325. The Morgan fingerprint density at radius 1 is 1.44 bits per heavy atom. The third-order valence-corrected chi connectivity index (χ3v) is 3.08. The van der Waals surface area contributed by atoms with Gasteiger partial charge in [0.05, 0.1) is 18.7 Å². The van der Waals surface area contributed by atoms with Gasteiger partial charge in [-0.3, -0.25) is 4.79 Å². The molecule has 1 aliphatic heterocycles. The third kappa shape index (κ3) is 2.05. The Hall–Kier alpha value is -1.47. The Kier molecular flexibility index (Phi) is 3.16. The van der Waals surface area contributed by atoms with Crippen molar-refractivity contribution in [1.29, 1.82) is 0 Å². The van der Waals surface area contributed by atoms with E-state index in [1.807, 2.05) is 0 Å². The van der Waals surface area contributed by atoms with E-state index in [1.165, 1.54) is 5.51 Å². The smallest absolute Gasteiger partial charge is 0.348 e. The van der Waals surface area contributed by atoms with Gasteiger partial charge < -0.3 is 14.7 Å². The van der Waals surface area contributed by atoms with Crippen LogP contribution >= 0.6 is 11.3 Å². The van der Waals surface area contributed by atoms with Gasteiger partial charge in [-0.15, -0.1) is 11.3 Å². The average molecular weight is 242 g/mol. The highest BCUT2D eigenvalue weighted by atomic mass is 32.1. The van der Waals surface area contributed by atoms with Crippen molar-refractivity contribution in [2.24, 2.45) is 0 Å². The van der Waals surface area contributed by atoms with Gasteiger partial charge >= 0.3 is 5.97 Å². The fraction of sp³-hybridized carbons (Fsp3) is 0.444. The van der Waals surface area contributed by atoms with Crippen LogP contribution in [0.15, 0.2) is 5.51 Å². The molecule has 1 aliphatic rings. The Balaban J connectivity index is 2.19. The Labute approximate surface area is 95.5 Å². The summed E-state index contributed by atoms with van der Waals surface area (Å²) in [5, 5.41) is 8.88. The normalized spacial score (nSPS) is 16.1. The van der Waals surface area contributed by atoms with E-state index in [4.69, 9.17) is 9.84 Å². The number of ether oxygens (including phenoxy) is 1. The van der Waals surface area contributed by atoms with E-state index in [1.54, 1.807) is 4.90 Å². The summed E-state index contributed by atoms with van der Waals surface area (Å²) in [6, 6.07) is 0. The minimum atomic E-state index is -1.11. The van der Waals surface area contributed by atoms with Crippen molar-refractivity contribution in [3.63, 3.8) is 0 Å². The average Bonchev–Trinajstić information content (AvgIpc) is 2.78. The Morgan fingerprint density at radius 2 is 2.12 bits per heavy atom. The summed E-state index contributed by atoms with van der Waals surface area (Å²) < 4.78 is 5.12. The molecule has 1 fully saturated rings. The zero-order valence-corrected chi connectivity index (χ0v) is 9.20. The number of hydrogen-bond donors (Lipinski definition) is 1. The van der Waals surface area contributed by atoms with Gasteiger partial charge in [0.1, 0.15) is 4.88 Å². The molecule has 1 saturated heterocycles. The number of hydrogen-bond acceptors (Lipinski definition) is 5. The molecule has 0 radical (unpaired) electrons. The maximum Gasteiger partial charge on any atom is 0.348 e. The van der Waals surface area contributed by atoms with Crippen LogP contribution in [0.1, 0.15) is 20.2 Å². The molecule has 0 bridgehead atoms. The molecule has 0 atom stereocenters. The monoisotopic (exact) mass is 242 g/mol. The van der Waals surface area contributed by atoms with Crippen LogP contribution in [-0.2, 0) is 4.74 Å². The zero-order valence-electron chi connectivity index (χ0n) is 8.38. The lowest BCUT2D eigenvalue weighted by Gasteiger charge is -2.26. The number of amides is 1. The highest BCUT2D eigenvalue weighted by Crippen LogP contribution is 2.16. The van der Waals surface area contributed by atoms with Crippen molar-refractivity contribution in [3.8, 4) is 0 Å². The lowest BCUT2D eigenvalue weighted by Crippen LogP contribution is -2.41. The first-order valence-electron chi connectivity index (χ1n) is 4.74. The summed E-state index contributed by atoms with van der Waals surface area (Å²) in [5.41, 5.74) is 1.40. The number of carbonyl (C=O) groups is 2. The van der Waals surface area contributed by atoms with Gasteiger partial charge in [0.25, 0.3) is 5.91 Å². The van der Waals surface area contributed by atoms with E-state index in [2.05, 4.69) is 4.98 Å². The van der Waals surface area contributed by atoms with E-state index in [0.717, 1.165) is 11.3 Å². The number of aromatic carboxylic acids is 1. The maximum atomic E-state index is 11.9. The van der Waals surface area contributed by atoms with E-state index in [9.17, 15) is 9.59 Å². The number of carboxylic acids is 1. The number of carboxylic acid groups (broad SMARTS) is 1. The number of thiazole rings is 1. The molecule has 1 N–H and O–H groups in total. The van der Waals surface area contributed by atoms with Crippen LogP contribution in [-0.4, -0.2) is 53.2 Å². The molecule has 0 saturated carbocycles. The van der Waals surface area contributed by atoms with E-state index >= 15 is 0 Å². The predicted octanol–water partition coefficient (Wildman–Crippen LogP) is 0.314. The number of rotatable bonds is 2. The first-order chi connectivity index (χ1) is 7.70. The van der Waals surface area contributed by atoms with Gasteiger partial charge in [0.2, 0.25) is 0 Å². The van der Waals surface area contributed by atoms with Gasteiger partial charge in [-0.05, 0) is 0 Å². The SMILES string of the molecule is O=C(O)c1scnc1C(=O)N1CCOCC1. The molecule has 16 heavy (non-hydrogen) atoms. The van der Waals surface area contributed by atoms with Crippen molar-refractivity contribution in [3.05, 3.63) is 16.1 Å². The summed E-state index contributed by atoms with van der Waals surface area (Å²) in [6.45, 7) is 1.93. The molecule has 1 aromatic rings. The summed E-state index contributed by atoms with van der Waals surface area (Å²) >= 11 is 0.961. The third-order valence-electron chi connectivity index (χ3n) is 2.26. The summed E-state index contributed by atoms with van der Waals surface area (Å²) in [6.07, 6.45) is 0. The first-order valence-corrected chi connectivity index (χ1v) is 5.62. The molecule has 6 nitrogen and oxygen atoms in total. The summed E-state index contributed by atoms with van der Waals surface area (Å²) in [5.74, 6) is -1.44. The topological polar surface area (TPSA) is 79.7 Å². The minimum Gasteiger partial charge on any atom is -0.477 e. The van der Waals surface area contributed by atoms with Crippen molar-refractivity contribution < 1.29 is 19.4 Å². The Bertz CT molecular complexity index is 411.